The Labute approximate surface area is 213 Å². The first kappa shape index (κ1) is 23.8. The van der Waals surface area contributed by atoms with E-state index < -0.39 is 9.84 Å². The Morgan fingerprint density at radius 2 is 1.83 bits per heavy atom. The third kappa shape index (κ3) is 4.92. The third-order valence-electron chi connectivity index (χ3n) is 6.85. The number of rotatable bonds is 6. The highest BCUT2D eigenvalue weighted by Crippen LogP contribution is 2.25. The molecule has 1 aliphatic rings. The van der Waals surface area contributed by atoms with Crippen molar-refractivity contribution in [2.75, 3.05) is 30.8 Å². The Morgan fingerprint density at radius 1 is 1.09 bits per heavy atom. The van der Waals surface area contributed by atoms with E-state index in [0.717, 1.165) is 52.6 Å². The zero-order valence-corrected chi connectivity index (χ0v) is 21.9. The second-order valence-electron chi connectivity index (χ2n) is 8.98. The molecule has 182 valence electrons. The lowest BCUT2D eigenvalue weighted by Crippen LogP contribution is -2.46. The maximum Gasteiger partial charge on any atom is 0.223 e. The fraction of sp³-hybridized carbons (Fsp3) is 0.308. The largest absolute Gasteiger partial charge is 0.358 e. The van der Waals surface area contributed by atoms with Crippen molar-refractivity contribution < 1.29 is 13.2 Å². The van der Waals surface area contributed by atoms with Gasteiger partial charge in [0.05, 0.1) is 10.6 Å². The molecule has 0 radical (unpaired) electrons. The van der Waals surface area contributed by atoms with Crippen LogP contribution in [0.1, 0.15) is 19.3 Å². The zero-order chi connectivity index (χ0) is 24.6. The predicted molar refractivity (Wildman–Crippen MR) is 142 cm³/mol. The van der Waals surface area contributed by atoms with Crippen LogP contribution in [0.15, 0.2) is 76.4 Å². The van der Waals surface area contributed by atoms with Crippen LogP contribution in [0.5, 0.6) is 0 Å². The van der Waals surface area contributed by atoms with E-state index in [1.807, 2.05) is 36.5 Å². The van der Waals surface area contributed by atoms with Gasteiger partial charge in [-0.1, -0.05) is 34.1 Å². The number of aromatic nitrogens is 2. The minimum absolute atomic E-state index is 0.0221. The lowest BCUT2D eigenvalue weighted by Gasteiger charge is -2.38. The van der Waals surface area contributed by atoms with Crippen LogP contribution in [-0.2, 0) is 14.6 Å². The molecule has 2 aromatic carbocycles. The van der Waals surface area contributed by atoms with Gasteiger partial charge in [0.2, 0.25) is 5.91 Å². The van der Waals surface area contributed by atoms with Crippen molar-refractivity contribution >= 4 is 53.9 Å². The average Bonchev–Trinajstić information content (AvgIpc) is 3.36. The van der Waals surface area contributed by atoms with Gasteiger partial charge in [-0.3, -0.25) is 9.20 Å². The molecule has 2 aromatic heterocycles. The van der Waals surface area contributed by atoms with Crippen LogP contribution in [0.2, 0.25) is 0 Å². The van der Waals surface area contributed by atoms with Crippen LogP contribution < -0.4 is 4.90 Å². The number of pyridine rings is 1. The van der Waals surface area contributed by atoms with Crippen molar-refractivity contribution in [1.82, 2.24) is 14.3 Å². The molecule has 0 aliphatic carbocycles. The molecule has 1 saturated heterocycles. The maximum atomic E-state index is 12.9. The van der Waals surface area contributed by atoms with E-state index in [1.165, 1.54) is 0 Å². The molecule has 5 rings (SSSR count). The van der Waals surface area contributed by atoms with Gasteiger partial charge in [-0.05, 0) is 60.0 Å². The first-order chi connectivity index (χ1) is 16.8. The summed E-state index contributed by atoms with van der Waals surface area (Å²) in [5.41, 5.74) is 0.914. The highest BCUT2D eigenvalue weighted by Gasteiger charge is 2.27. The van der Waals surface area contributed by atoms with Crippen LogP contribution in [0.4, 0.5) is 5.82 Å². The standard InChI is InChI=1S/C26H27BrN4O3S/c1-29(22-9-13-30(14-10-22)25-4-2-3-24-28-12-15-31(24)25)26(32)11-16-35(33,34)23-8-6-19-17-21(27)7-5-20(19)18-23/h2-8,12,15,17-18,22H,9-11,13-14,16H2,1H3. The van der Waals surface area contributed by atoms with Crippen LogP contribution in [0, 0.1) is 0 Å². The molecule has 7 nitrogen and oxygen atoms in total. The lowest BCUT2D eigenvalue weighted by atomic mass is 10.0. The lowest BCUT2D eigenvalue weighted by molar-refractivity contribution is -0.131. The zero-order valence-electron chi connectivity index (χ0n) is 19.5. The summed E-state index contributed by atoms with van der Waals surface area (Å²) in [6.07, 6.45) is 5.40. The number of imidazole rings is 1. The van der Waals surface area contributed by atoms with Crippen molar-refractivity contribution in [3.05, 3.63) is 71.5 Å². The molecule has 0 spiro atoms. The summed E-state index contributed by atoms with van der Waals surface area (Å²) >= 11 is 3.43. The monoisotopic (exact) mass is 554 g/mol. The van der Waals surface area contributed by atoms with Gasteiger partial charge >= 0.3 is 0 Å². The second kappa shape index (κ2) is 9.62. The summed E-state index contributed by atoms with van der Waals surface area (Å²) in [4.78, 5) is 21.6. The topological polar surface area (TPSA) is 75.0 Å². The molecule has 1 aliphatic heterocycles. The molecule has 1 amide bonds. The number of halogens is 1. The highest BCUT2D eigenvalue weighted by atomic mass is 79.9. The Kier molecular flexibility index (Phi) is 6.55. The van der Waals surface area contributed by atoms with Crippen molar-refractivity contribution in [3.8, 4) is 0 Å². The summed E-state index contributed by atoms with van der Waals surface area (Å²) in [5, 5.41) is 1.82. The van der Waals surface area contributed by atoms with E-state index in [1.54, 1.807) is 36.3 Å². The van der Waals surface area contributed by atoms with Crippen molar-refractivity contribution in [2.24, 2.45) is 0 Å². The number of anilines is 1. The summed E-state index contributed by atoms with van der Waals surface area (Å²) in [7, 11) is -1.77. The summed E-state index contributed by atoms with van der Waals surface area (Å²) in [6.45, 7) is 1.65. The summed E-state index contributed by atoms with van der Waals surface area (Å²) in [5.74, 6) is 0.773. The van der Waals surface area contributed by atoms with Crippen molar-refractivity contribution in [2.45, 2.75) is 30.2 Å². The van der Waals surface area contributed by atoms with Crippen LogP contribution in [0.3, 0.4) is 0 Å². The number of sulfone groups is 1. The third-order valence-corrected chi connectivity index (χ3v) is 9.06. The molecule has 0 N–H and O–H groups in total. The molecule has 9 heteroatoms. The molecule has 4 aromatic rings. The second-order valence-corrected chi connectivity index (χ2v) is 12.0. The molecule has 0 atom stereocenters. The van der Waals surface area contributed by atoms with Crippen LogP contribution in [-0.4, -0.2) is 60.5 Å². The Bertz CT molecular complexity index is 1490. The highest BCUT2D eigenvalue weighted by molar-refractivity contribution is 9.10. The Morgan fingerprint density at radius 3 is 2.63 bits per heavy atom. The first-order valence-corrected chi connectivity index (χ1v) is 14.1. The fourth-order valence-corrected chi connectivity index (χ4v) is 6.42. The first-order valence-electron chi connectivity index (χ1n) is 11.7. The molecule has 1 fully saturated rings. The minimum Gasteiger partial charge on any atom is -0.358 e. The van der Waals surface area contributed by atoms with Crippen LogP contribution in [0.25, 0.3) is 16.4 Å². The van der Waals surface area contributed by atoms with E-state index in [2.05, 4.69) is 36.3 Å². The molecule has 0 unspecified atom stereocenters. The Balaban J connectivity index is 1.19. The molecular formula is C26H27BrN4O3S. The molecule has 0 bridgehead atoms. The van der Waals surface area contributed by atoms with Crippen LogP contribution >= 0.6 is 15.9 Å². The van der Waals surface area contributed by atoms with E-state index >= 15 is 0 Å². The molecule has 0 saturated carbocycles. The number of fused-ring (bicyclic) bond motifs is 2. The number of benzene rings is 2. The summed E-state index contributed by atoms with van der Waals surface area (Å²) in [6, 6.07) is 17.0. The SMILES string of the molecule is CN(C(=O)CCS(=O)(=O)c1ccc2cc(Br)ccc2c1)C1CCN(c2cccc3nccn23)CC1. The van der Waals surface area contributed by atoms with E-state index in [9.17, 15) is 13.2 Å². The van der Waals surface area contributed by atoms with E-state index in [0.29, 0.717) is 0 Å². The summed E-state index contributed by atoms with van der Waals surface area (Å²) < 4.78 is 28.9. The number of hydrogen-bond donors (Lipinski definition) is 0. The Hall–Kier alpha value is -2.91. The molecular weight excluding hydrogens is 528 g/mol. The van der Waals surface area contributed by atoms with Gasteiger partial charge in [-0.2, -0.15) is 0 Å². The quantitative estimate of drug-likeness (QED) is 0.349. The van der Waals surface area contributed by atoms with Gasteiger partial charge in [-0.25, -0.2) is 13.4 Å². The number of amides is 1. The number of carbonyl (C=O) groups is 1. The van der Waals surface area contributed by atoms with Gasteiger partial charge in [-0.15, -0.1) is 0 Å². The van der Waals surface area contributed by atoms with Gasteiger partial charge in [0.15, 0.2) is 9.84 Å². The number of carbonyl (C=O) groups excluding carboxylic acids is 1. The minimum atomic E-state index is -3.56. The average molecular weight is 555 g/mol. The van der Waals surface area contributed by atoms with Gasteiger partial charge in [0, 0.05) is 49.5 Å². The van der Waals surface area contributed by atoms with Crippen molar-refractivity contribution in [3.63, 3.8) is 0 Å². The predicted octanol–water partition coefficient (Wildman–Crippen LogP) is 4.54. The van der Waals surface area contributed by atoms with Gasteiger partial charge in [0.25, 0.3) is 0 Å². The fourth-order valence-electron chi connectivity index (χ4n) is 4.78. The molecule has 3 heterocycles. The molecule has 35 heavy (non-hydrogen) atoms. The maximum absolute atomic E-state index is 12.9. The number of hydrogen-bond acceptors (Lipinski definition) is 5. The smallest absolute Gasteiger partial charge is 0.223 e. The normalized spacial score (nSPS) is 15.1. The van der Waals surface area contributed by atoms with Gasteiger partial charge in [0.1, 0.15) is 11.5 Å². The number of nitrogens with zero attached hydrogens (tertiary/aromatic N) is 4. The van der Waals surface area contributed by atoms with E-state index in [-0.39, 0.29) is 29.0 Å². The number of piperidine rings is 1. The van der Waals surface area contributed by atoms with Crippen molar-refractivity contribution in [1.29, 1.82) is 0 Å². The van der Waals surface area contributed by atoms with E-state index in [4.69, 9.17) is 0 Å². The van der Waals surface area contributed by atoms with Gasteiger partial charge < -0.3 is 9.80 Å².